The molecule has 2 rings (SSSR count). The summed E-state index contributed by atoms with van der Waals surface area (Å²) in [5.41, 5.74) is 2.66. The zero-order chi connectivity index (χ0) is 20.2. The Morgan fingerprint density at radius 2 is 1.86 bits per heavy atom. The number of hydrogen-bond donors (Lipinski definition) is 0. The molecule has 0 spiro atoms. The van der Waals surface area contributed by atoms with Crippen LogP contribution < -0.4 is 4.74 Å². The van der Waals surface area contributed by atoms with E-state index in [1.807, 2.05) is 48.5 Å². The number of ether oxygens (including phenoxy) is 2. The van der Waals surface area contributed by atoms with Gasteiger partial charge in [-0.05, 0) is 43.0 Å². The topological polar surface area (TPSA) is 59.3 Å². The van der Waals surface area contributed by atoms with Crippen molar-refractivity contribution in [2.45, 2.75) is 45.1 Å². The van der Waals surface area contributed by atoms with E-state index in [-0.39, 0.29) is 6.10 Å². The molecule has 0 bridgehead atoms. The molecule has 0 saturated carbocycles. The van der Waals surface area contributed by atoms with Gasteiger partial charge in [0, 0.05) is 11.6 Å². The van der Waals surface area contributed by atoms with Gasteiger partial charge in [0.1, 0.15) is 5.75 Å². The number of para-hydroxylation sites is 1. The Morgan fingerprint density at radius 1 is 1.14 bits per heavy atom. The molecule has 2 aromatic carbocycles. The first kappa shape index (κ1) is 21.2. The van der Waals surface area contributed by atoms with Gasteiger partial charge in [-0.2, -0.15) is 5.26 Å². The molecule has 0 N–H and O–H groups in total. The molecule has 4 heteroatoms. The molecule has 0 fully saturated rings. The van der Waals surface area contributed by atoms with E-state index < -0.39 is 5.97 Å². The highest BCUT2D eigenvalue weighted by Crippen LogP contribution is 2.31. The summed E-state index contributed by atoms with van der Waals surface area (Å²) in [6.45, 7) is 5.93. The van der Waals surface area contributed by atoms with Crippen molar-refractivity contribution in [3.05, 3.63) is 66.7 Å². The molecule has 0 saturated heterocycles. The molecule has 0 aromatic heterocycles. The zero-order valence-electron chi connectivity index (χ0n) is 16.4. The van der Waals surface area contributed by atoms with Gasteiger partial charge in [-0.25, -0.2) is 4.79 Å². The van der Waals surface area contributed by atoms with Gasteiger partial charge in [0.25, 0.3) is 0 Å². The minimum absolute atomic E-state index is 0.0573. The molecule has 4 nitrogen and oxygen atoms in total. The number of esters is 1. The summed E-state index contributed by atoms with van der Waals surface area (Å²) in [6, 6.07) is 17.6. The largest absolute Gasteiger partial charge is 0.490 e. The van der Waals surface area contributed by atoms with Crippen molar-refractivity contribution in [3.63, 3.8) is 0 Å². The molecule has 146 valence electrons. The fourth-order valence-corrected chi connectivity index (χ4v) is 2.95. The second-order valence-electron chi connectivity index (χ2n) is 6.58. The van der Waals surface area contributed by atoms with Crippen LogP contribution in [0.25, 0.3) is 11.1 Å². The van der Waals surface area contributed by atoms with E-state index in [1.165, 1.54) is 6.08 Å². The lowest BCUT2D eigenvalue weighted by Gasteiger charge is -2.21. The summed E-state index contributed by atoms with van der Waals surface area (Å²) in [7, 11) is 0. The second-order valence-corrected chi connectivity index (χ2v) is 6.58. The van der Waals surface area contributed by atoms with Gasteiger partial charge in [0.15, 0.2) is 0 Å². The maximum Gasteiger partial charge on any atom is 0.330 e. The summed E-state index contributed by atoms with van der Waals surface area (Å²) in [4.78, 5) is 11.2. The number of hydrogen-bond acceptors (Lipinski definition) is 4. The van der Waals surface area contributed by atoms with Crippen LogP contribution in [-0.4, -0.2) is 18.7 Å². The minimum atomic E-state index is -0.391. The Bertz CT molecular complexity index is 805. The van der Waals surface area contributed by atoms with E-state index in [2.05, 4.69) is 19.6 Å². The van der Waals surface area contributed by atoms with Crippen LogP contribution in [0.5, 0.6) is 5.75 Å². The maximum atomic E-state index is 11.2. The third kappa shape index (κ3) is 6.59. The number of rotatable bonds is 11. The van der Waals surface area contributed by atoms with Crippen molar-refractivity contribution in [2.24, 2.45) is 0 Å². The maximum absolute atomic E-state index is 11.2. The van der Waals surface area contributed by atoms with Crippen LogP contribution in [0, 0.1) is 11.3 Å². The van der Waals surface area contributed by atoms with Crippen LogP contribution in [-0.2, 0) is 9.53 Å². The standard InChI is InChI=1S/C24H27NO3/c1-3-5-9-21(10-8-17-27-24(26)4-2)28-23-12-7-6-11-22(23)20-15-13-19(18-25)14-16-20/h4,6-7,11-16,21H,2-3,5,8-10,17H2,1H3. The Kier molecular flexibility index (Phi) is 8.81. The second kappa shape index (κ2) is 11.6. The van der Waals surface area contributed by atoms with Crippen molar-refractivity contribution < 1.29 is 14.3 Å². The quantitative estimate of drug-likeness (QED) is 0.287. The summed E-state index contributed by atoms with van der Waals surface area (Å²) < 4.78 is 11.4. The molecule has 0 aliphatic carbocycles. The van der Waals surface area contributed by atoms with Crippen molar-refractivity contribution >= 4 is 5.97 Å². The molecule has 0 heterocycles. The highest BCUT2D eigenvalue weighted by Gasteiger charge is 2.14. The molecule has 1 atom stereocenters. The van der Waals surface area contributed by atoms with Crippen LogP contribution >= 0.6 is 0 Å². The minimum Gasteiger partial charge on any atom is -0.490 e. The van der Waals surface area contributed by atoms with Crippen LogP contribution in [0.15, 0.2) is 61.2 Å². The molecule has 0 amide bonds. The zero-order valence-corrected chi connectivity index (χ0v) is 16.4. The molecular weight excluding hydrogens is 350 g/mol. The lowest BCUT2D eigenvalue weighted by atomic mass is 10.0. The van der Waals surface area contributed by atoms with Crippen LogP contribution in [0.2, 0.25) is 0 Å². The van der Waals surface area contributed by atoms with Gasteiger partial charge in [0.05, 0.1) is 24.3 Å². The number of nitrogens with zero attached hydrogens (tertiary/aromatic N) is 1. The van der Waals surface area contributed by atoms with Crippen molar-refractivity contribution in [2.75, 3.05) is 6.61 Å². The molecule has 0 aliphatic heterocycles. The normalized spacial score (nSPS) is 11.3. The predicted molar refractivity (Wildman–Crippen MR) is 111 cm³/mol. The molecule has 0 aliphatic rings. The first-order chi connectivity index (χ1) is 13.7. The van der Waals surface area contributed by atoms with E-state index >= 15 is 0 Å². The molecule has 1 unspecified atom stereocenters. The lowest BCUT2D eigenvalue weighted by Crippen LogP contribution is -2.18. The number of nitriles is 1. The fraction of sp³-hybridized carbons (Fsp3) is 0.333. The first-order valence-corrected chi connectivity index (χ1v) is 9.73. The van der Waals surface area contributed by atoms with Crippen LogP contribution in [0.3, 0.4) is 0 Å². The third-order valence-corrected chi connectivity index (χ3v) is 4.47. The molecule has 28 heavy (non-hydrogen) atoms. The first-order valence-electron chi connectivity index (χ1n) is 9.73. The van der Waals surface area contributed by atoms with E-state index in [9.17, 15) is 4.79 Å². The Labute approximate surface area is 167 Å². The van der Waals surface area contributed by atoms with Gasteiger partial charge in [-0.15, -0.1) is 0 Å². The average Bonchev–Trinajstić information content (AvgIpc) is 2.75. The summed E-state index contributed by atoms with van der Waals surface area (Å²) >= 11 is 0. The van der Waals surface area contributed by atoms with E-state index in [0.717, 1.165) is 49.0 Å². The van der Waals surface area contributed by atoms with E-state index in [0.29, 0.717) is 12.2 Å². The SMILES string of the molecule is C=CC(=O)OCCCC(CCCC)Oc1ccccc1-c1ccc(C#N)cc1. The molecule has 2 aromatic rings. The summed E-state index contributed by atoms with van der Waals surface area (Å²) in [5.74, 6) is 0.439. The Hall–Kier alpha value is -3.06. The van der Waals surface area contributed by atoms with Crippen LogP contribution in [0.4, 0.5) is 0 Å². The van der Waals surface area contributed by atoms with Crippen molar-refractivity contribution in [1.29, 1.82) is 5.26 Å². The highest BCUT2D eigenvalue weighted by molar-refractivity contribution is 5.81. The van der Waals surface area contributed by atoms with Crippen molar-refractivity contribution in [1.82, 2.24) is 0 Å². The lowest BCUT2D eigenvalue weighted by molar-refractivity contribution is -0.137. The van der Waals surface area contributed by atoms with Gasteiger partial charge >= 0.3 is 5.97 Å². The average molecular weight is 377 g/mol. The summed E-state index contributed by atoms with van der Waals surface area (Å²) in [6.07, 6.45) is 5.92. The molecular formula is C24H27NO3. The Balaban J connectivity index is 2.09. The van der Waals surface area contributed by atoms with Gasteiger partial charge in [0.2, 0.25) is 0 Å². The number of benzene rings is 2. The van der Waals surface area contributed by atoms with E-state index in [4.69, 9.17) is 14.7 Å². The Morgan fingerprint density at radius 3 is 2.54 bits per heavy atom. The number of unbranched alkanes of at least 4 members (excludes halogenated alkanes) is 1. The van der Waals surface area contributed by atoms with Crippen molar-refractivity contribution in [3.8, 4) is 22.9 Å². The summed E-state index contributed by atoms with van der Waals surface area (Å²) in [5, 5.41) is 9.00. The third-order valence-electron chi connectivity index (χ3n) is 4.47. The smallest absolute Gasteiger partial charge is 0.330 e. The monoisotopic (exact) mass is 377 g/mol. The van der Waals surface area contributed by atoms with Crippen LogP contribution in [0.1, 0.15) is 44.6 Å². The number of carbonyl (C=O) groups excluding carboxylic acids is 1. The fourth-order valence-electron chi connectivity index (χ4n) is 2.95. The number of carbonyl (C=O) groups is 1. The predicted octanol–water partition coefficient (Wildman–Crippen LogP) is 5.67. The molecule has 0 radical (unpaired) electrons. The van der Waals surface area contributed by atoms with Gasteiger partial charge in [-0.3, -0.25) is 0 Å². The van der Waals surface area contributed by atoms with E-state index in [1.54, 1.807) is 0 Å². The highest BCUT2D eigenvalue weighted by atomic mass is 16.5. The van der Waals surface area contributed by atoms with Gasteiger partial charge < -0.3 is 9.47 Å². The van der Waals surface area contributed by atoms with Gasteiger partial charge in [-0.1, -0.05) is 56.7 Å².